The van der Waals surface area contributed by atoms with Crippen LogP contribution in [0.2, 0.25) is 0 Å². The van der Waals surface area contributed by atoms with Crippen LogP contribution in [0.5, 0.6) is 5.75 Å². The van der Waals surface area contributed by atoms with Crippen LogP contribution in [0.3, 0.4) is 0 Å². The van der Waals surface area contributed by atoms with Crippen molar-refractivity contribution >= 4 is 11.8 Å². The molecule has 0 atom stereocenters. The van der Waals surface area contributed by atoms with Gasteiger partial charge in [0.1, 0.15) is 5.75 Å². The highest BCUT2D eigenvalue weighted by atomic mass is 16.5. The quantitative estimate of drug-likeness (QED) is 0.557. The first kappa shape index (κ1) is 15.6. The molecule has 1 aromatic heterocycles. The molecule has 0 saturated carbocycles. The third-order valence-electron chi connectivity index (χ3n) is 3.55. The van der Waals surface area contributed by atoms with Crippen molar-refractivity contribution in [2.75, 3.05) is 6.61 Å². The van der Waals surface area contributed by atoms with Gasteiger partial charge in [0.2, 0.25) is 5.78 Å². The number of phenols is 1. The fourth-order valence-corrected chi connectivity index (χ4v) is 2.25. The summed E-state index contributed by atoms with van der Waals surface area (Å²) in [5.41, 5.74) is 2.62. The van der Waals surface area contributed by atoms with E-state index in [1.165, 1.54) is 0 Å². The van der Waals surface area contributed by atoms with Gasteiger partial charge in [-0.2, -0.15) is 0 Å². The predicted molar refractivity (Wildman–Crippen MR) is 88.9 cm³/mol. The minimum absolute atomic E-state index is 0.200. The molecule has 3 aromatic rings. The number of aromatic nitrogens is 1. The Hall–Kier alpha value is -3.34. The zero-order valence-electron chi connectivity index (χ0n) is 12.7. The van der Waals surface area contributed by atoms with Crippen LogP contribution in [0.1, 0.15) is 20.8 Å². The Morgan fingerprint density at radius 2 is 1.54 bits per heavy atom. The normalized spacial score (nSPS) is 10.3. The maximum absolute atomic E-state index is 12.0. The molecule has 0 unspecified atom stereocenters. The number of ketones is 1. The molecule has 2 aromatic carbocycles. The Balaban J connectivity index is 1.63. The predicted octanol–water partition coefficient (Wildman–Crippen LogP) is 3.43. The van der Waals surface area contributed by atoms with Crippen LogP contribution in [-0.4, -0.2) is 28.4 Å². The van der Waals surface area contributed by atoms with Gasteiger partial charge in [-0.1, -0.05) is 24.3 Å². The molecule has 0 fully saturated rings. The molecule has 0 aliphatic carbocycles. The fraction of sp³-hybridized carbons (Fsp3) is 0.0526. The van der Waals surface area contributed by atoms with Gasteiger partial charge >= 0.3 is 5.97 Å². The average Bonchev–Trinajstić information content (AvgIpc) is 3.15. The molecule has 0 bridgehead atoms. The molecule has 0 aliphatic heterocycles. The summed E-state index contributed by atoms with van der Waals surface area (Å²) in [6.45, 7) is -0.306. The summed E-state index contributed by atoms with van der Waals surface area (Å²) in [6, 6.07) is 17.0. The summed E-state index contributed by atoms with van der Waals surface area (Å²) in [7, 11) is 0. The lowest BCUT2D eigenvalue weighted by Crippen LogP contribution is -2.14. The third kappa shape index (κ3) is 3.52. The van der Waals surface area contributed by atoms with Crippen LogP contribution in [0.4, 0.5) is 0 Å². The molecule has 0 saturated heterocycles. The summed E-state index contributed by atoms with van der Waals surface area (Å²) >= 11 is 0. The van der Waals surface area contributed by atoms with Crippen molar-refractivity contribution < 1.29 is 19.4 Å². The van der Waals surface area contributed by atoms with Crippen LogP contribution in [0.15, 0.2) is 66.9 Å². The van der Waals surface area contributed by atoms with Crippen LogP contribution < -0.4 is 0 Å². The number of carbonyl (C=O) groups excluding carboxylic acids is 2. The first-order chi connectivity index (χ1) is 11.6. The maximum atomic E-state index is 12.0. The zero-order valence-corrected chi connectivity index (χ0v) is 12.7. The second-order valence-electron chi connectivity index (χ2n) is 5.21. The van der Waals surface area contributed by atoms with Gasteiger partial charge in [0.25, 0.3) is 0 Å². The number of ether oxygens (including phenoxy) is 1. The van der Waals surface area contributed by atoms with Gasteiger partial charge in [-0.05, 0) is 47.5 Å². The Bertz CT molecular complexity index is 834. The summed E-state index contributed by atoms with van der Waals surface area (Å²) < 4.78 is 5.03. The number of Topliss-reactive ketones (excluding diaryl/α,β-unsaturated/α-hetero) is 1. The number of phenolic OH excluding ortho intramolecular Hbond substituents is 1. The minimum Gasteiger partial charge on any atom is -0.508 e. The summed E-state index contributed by atoms with van der Waals surface area (Å²) in [6.07, 6.45) is 1.64. The van der Waals surface area contributed by atoms with Gasteiger partial charge in [0.15, 0.2) is 6.61 Å². The van der Waals surface area contributed by atoms with Crippen molar-refractivity contribution in [2.24, 2.45) is 0 Å². The Morgan fingerprint density at radius 3 is 2.12 bits per heavy atom. The number of rotatable bonds is 5. The molecule has 5 nitrogen and oxygen atoms in total. The van der Waals surface area contributed by atoms with E-state index in [-0.39, 0.29) is 18.1 Å². The number of H-pyrrole nitrogens is 1. The number of nitrogens with one attached hydrogen (secondary N) is 1. The van der Waals surface area contributed by atoms with Crippen molar-refractivity contribution in [1.82, 2.24) is 4.98 Å². The Morgan fingerprint density at radius 1 is 0.917 bits per heavy atom. The van der Waals surface area contributed by atoms with Crippen molar-refractivity contribution in [3.8, 4) is 16.9 Å². The van der Waals surface area contributed by atoms with Gasteiger partial charge in [0.05, 0.1) is 11.3 Å². The highest BCUT2D eigenvalue weighted by Gasteiger charge is 2.12. The van der Waals surface area contributed by atoms with E-state index in [0.29, 0.717) is 11.3 Å². The van der Waals surface area contributed by atoms with Crippen molar-refractivity contribution in [3.63, 3.8) is 0 Å². The molecule has 3 rings (SSSR count). The highest BCUT2D eigenvalue weighted by molar-refractivity contribution is 5.98. The number of carbonyl (C=O) groups is 2. The molecule has 0 aliphatic rings. The number of hydrogen-bond acceptors (Lipinski definition) is 4. The monoisotopic (exact) mass is 321 g/mol. The smallest absolute Gasteiger partial charge is 0.338 e. The lowest BCUT2D eigenvalue weighted by molar-refractivity contribution is 0.0473. The Kier molecular flexibility index (Phi) is 4.43. The molecule has 120 valence electrons. The second-order valence-corrected chi connectivity index (χ2v) is 5.21. The zero-order chi connectivity index (χ0) is 16.9. The number of benzene rings is 2. The molecule has 0 amide bonds. The van der Waals surface area contributed by atoms with Crippen molar-refractivity contribution in [3.05, 3.63) is 78.1 Å². The van der Waals surface area contributed by atoms with E-state index in [0.717, 1.165) is 11.1 Å². The molecule has 2 N–H and O–H groups in total. The van der Waals surface area contributed by atoms with E-state index in [1.807, 2.05) is 0 Å². The second kappa shape index (κ2) is 6.83. The molecular weight excluding hydrogens is 306 g/mol. The molecule has 24 heavy (non-hydrogen) atoms. The minimum atomic E-state index is -0.549. The number of esters is 1. The molecular formula is C19H15NO4. The molecule has 0 radical (unpaired) electrons. The first-order valence-electron chi connectivity index (χ1n) is 7.36. The van der Waals surface area contributed by atoms with Gasteiger partial charge in [-0.3, -0.25) is 4.79 Å². The molecule has 0 spiro atoms. The van der Waals surface area contributed by atoms with E-state index in [9.17, 15) is 14.7 Å². The summed E-state index contributed by atoms with van der Waals surface area (Å²) in [5.74, 6) is -0.632. The van der Waals surface area contributed by atoms with Gasteiger partial charge in [-0.25, -0.2) is 4.79 Å². The largest absolute Gasteiger partial charge is 0.508 e. The van der Waals surface area contributed by atoms with E-state index in [1.54, 1.807) is 66.9 Å². The molecule has 1 heterocycles. The van der Waals surface area contributed by atoms with Crippen LogP contribution in [0.25, 0.3) is 11.1 Å². The standard InChI is InChI=1S/C19H15NO4/c21-16-9-7-14(8-10-16)13-3-5-15(6-4-13)19(23)24-12-18(22)17-2-1-11-20-17/h1-11,20-21H,12H2. The summed E-state index contributed by atoms with van der Waals surface area (Å²) in [5, 5.41) is 9.30. The van der Waals surface area contributed by atoms with Gasteiger partial charge < -0.3 is 14.8 Å². The summed E-state index contributed by atoms with van der Waals surface area (Å²) in [4.78, 5) is 26.5. The third-order valence-corrected chi connectivity index (χ3v) is 3.55. The maximum Gasteiger partial charge on any atom is 0.338 e. The van der Waals surface area contributed by atoms with Crippen molar-refractivity contribution in [2.45, 2.75) is 0 Å². The highest BCUT2D eigenvalue weighted by Crippen LogP contribution is 2.22. The van der Waals surface area contributed by atoms with Crippen LogP contribution >= 0.6 is 0 Å². The SMILES string of the molecule is O=C(OCC(=O)c1ccc[nH]1)c1ccc(-c2ccc(O)cc2)cc1. The van der Waals surface area contributed by atoms with E-state index >= 15 is 0 Å². The van der Waals surface area contributed by atoms with Gasteiger partial charge in [-0.15, -0.1) is 0 Å². The lowest BCUT2D eigenvalue weighted by Gasteiger charge is -2.06. The number of hydrogen-bond donors (Lipinski definition) is 2. The van der Waals surface area contributed by atoms with Gasteiger partial charge in [0, 0.05) is 6.20 Å². The average molecular weight is 321 g/mol. The fourth-order valence-electron chi connectivity index (χ4n) is 2.25. The topological polar surface area (TPSA) is 79.4 Å². The van der Waals surface area contributed by atoms with E-state index < -0.39 is 5.97 Å². The lowest BCUT2D eigenvalue weighted by atomic mass is 10.0. The van der Waals surface area contributed by atoms with Crippen molar-refractivity contribution in [1.29, 1.82) is 0 Å². The van der Waals surface area contributed by atoms with E-state index in [4.69, 9.17) is 4.74 Å². The van der Waals surface area contributed by atoms with Crippen LogP contribution in [0, 0.1) is 0 Å². The molecule has 5 heteroatoms. The first-order valence-corrected chi connectivity index (χ1v) is 7.36. The van der Waals surface area contributed by atoms with E-state index in [2.05, 4.69) is 4.98 Å². The number of aromatic amines is 1. The Labute approximate surface area is 138 Å². The number of aromatic hydroxyl groups is 1. The van der Waals surface area contributed by atoms with Crippen LogP contribution in [-0.2, 0) is 4.74 Å².